The molecule has 6 nitrogen and oxygen atoms in total. The van der Waals surface area contributed by atoms with Crippen LogP contribution >= 0.6 is 0 Å². The Kier molecular flexibility index (Phi) is 5.12. The first-order chi connectivity index (χ1) is 13.4. The summed E-state index contributed by atoms with van der Waals surface area (Å²) >= 11 is 0. The Hall–Kier alpha value is -2.38. The Morgan fingerprint density at radius 3 is 2.36 bits per heavy atom. The highest BCUT2D eigenvalue weighted by molar-refractivity contribution is 7.92. The number of carbonyl (C=O) groups is 1. The van der Waals surface area contributed by atoms with Gasteiger partial charge in [0.15, 0.2) is 0 Å². The minimum absolute atomic E-state index is 0.0277. The van der Waals surface area contributed by atoms with Crippen molar-refractivity contribution in [3.05, 3.63) is 65.2 Å². The lowest BCUT2D eigenvalue weighted by Gasteiger charge is -2.35. The van der Waals surface area contributed by atoms with Gasteiger partial charge in [-0.3, -0.25) is 14.0 Å². The van der Waals surface area contributed by atoms with Crippen molar-refractivity contribution in [3.8, 4) is 0 Å². The van der Waals surface area contributed by atoms with E-state index < -0.39 is 10.0 Å². The van der Waals surface area contributed by atoms with Gasteiger partial charge in [0.25, 0.3) is 5.91 Å². The maximum absolute atomic E-state index is 12.9. The van der Waals surface area contributed by atoms with E-state index in [1.165, 1.54) is 16.1 Å². The Morgan fingerprint density at radius 1 is 0.964 bits per heavy atom. The smallest absolute Gasteiger partial charge is 0.253 e. The normalized spacial score (nSPS) is 17.6. The van der Waals surface area contributed by atoms with Crippen molar-refractivity contribution in [1.82, 2.24) is 9.80 Å². The molecule has 1 amide bonds. The van der Waals surface area contributed by atoms with Gasteiger partial charge in [-0.2, -0.15) is 0 Å². The molecular weight excluding hydrogens is 374 g/mol. The summed E-state index contributed by atoms with van der Waals surface area (Å²) in [6.07, 6.45) is 1.87. The zero-order valence-corrected chi connectivity index (χ0v) is 16.9. The Bertz CT molecular complexity index is 968. The van der Waals surface area contributed by atoms with E-state index in [-0.39, 0.29) is 5.91 Å². The number of carbonyl (C=O) groups excluding carboxylic acids is 1. The summed E-state index contributed by atoms with van der Waals surface area (Å²) in [4.78, 5) is 17.2. The second kappa shape index (κ2) is 7.56. The molecule has 0 spiro atoms. The van der Waals surface area contributed by atoms with E-state index >= 15 is 0 Å². The van der Waals surface area contributed by atoms with Crippen LogP contribution in [0.1, 0.15) is 21.5 Å². The van der Waals surface area contributed by atoms with Crippen LogP contribution in [0.15, 0.2) is 48.5 Å². The van der Waals surface area contributed by atoms with Gasteiger partial charge in [-0.05, 0) is 35.7 Å². The third-order valence-electron chi connectivity index (χ3n) is 5.49. The Balaban J connectivity index is 1.40. The summed E-state index contributed by atoms with van der Waals surface area (Å²) in [6, 6.07) is 15.7. The standard InChI is InChI=1S/C21H25N3O3S/c1-28(26,27)24-10-9-18-15-19(7-8-20(18)24)21(25)23-13-11-22(12-14-23)16-17-5-3-2-4-6-17/h2-8,15H,9-14,16H2,1H3. The number of amides is 1. The minimum Gasteiger partial charge on any atom is -0.336 e. The van der Waals surface area contributed by atoms with Crippen molar-refractivity contribution >= 4 is 21.6 Å². The topological polar surface area (TPSA) is 60.9 Å². The summed E-state index contributed by atoms with van der Waals surface area (Å²) in [6.45, 7) is 4.48. The van der Waals surface area contributed by atoms with Crippen LogP contribution in [0.3, 0.4) is 0 Å². The lowest BCUT2D eigenvalue weighted by molar-refractivity contribution is 0.0628. The Labute approximate surface area is 166 Å². The van der Waals surface area contributed by atoms with Gasteiger partial charge in [-0.1, -0.05) is 30.3 Å². The number of sulfonamides is 1. The van der Waals surface area contributed by atoms with Gasteiger partial charge in [0.1, 0.15) is 0 Å². The van der Waals surface area contributed by atoms with Gasteiger partial charge in [0.2, 0.25) is 10.0 Å². The molecule has 2 heterocycles. The molecule has 0 aliphatic carbocycles. The quantitative estimate of drug-likeness (QED) is 0.789. The molecule has 2 aliphatic heterocycles. The van der Waals surface area contributed by atoms with Crippen molar-refractivity contribution in [2.45, 2.75) is 13.0 Å². The maximum atomic E-state index is 12.9. The van der Waals surface area contributed by atoms with Crippen LogP contribution in [-0.2, 0) is 23.0 Å². The van der Waals surface area contributed by atoms with Gasteiger partial charge in [-0.15, -0.1) is 0 Å². The fourth-order valence-corrected chi connectivity index (χ4v) is 4.94. The number of nitrogens with zero attached hydrogens (tertiary/aromatic N) is 3. The molecule has 2 aromatic rings. The summed E-state index contributed by atoms with van der Waals surface area (Å²) < 4.78 is 25.2. The van der Waals surface area contributed by atoms with Gasteiger partial charge in [0.05, 0.1) is 11.9 Å². The molecule has 0 aromatic heterocycles. The predicted molar refractivity (Wildman–Crippen MR) is 110 cm³/mol. The molecule has 1 saturated heterocycles. The van der Waals surface area contributed by atoms with E-state index in [0.717, 1.165) is 25.2 Å². The van der Waals surface area contributed by atoms with Crippen molar-refractivity contribution in [2.24, 2.45) is 0 Å². The lowest BCUT2D eigenvalue weighted by Crippen LogP contribution is -2.48. The average molecular weight is 400 g/mol. The molecule has 1 fully saturated rings. The fraction of sp³-hybridized carbons (Fsp3) is 0.381. The highest BCUT2D eigenvalue weighted by Gasteiger charge is 2.28. The van der Waals surface area contributed by atoms with Gasteiger partial charge >= 0.3 is 0 Å². The third kappa shape index (κ3) is 3.91. The van der Waals surface area contributed by atoms with E-state index in [1.54, 1.807) is 12.1 Å². The predicted octanol–water partition coefficient (Wildman–Crippen LogP) is 1.97. The van der Waals surface area contributed by atoms with E-state index in [4.69, 9.17) is 0 Å². The van der Waals surface area contributed by atoms with Crippen LogP contribution < -0.4 is 4.31 Å². The number of anilines is 1. The van der Waals surface area contributed by atoms with Gasteiger partial charge < -0.3 is 4.90 Å². The van der Waals surface area contributed by atoms with Gasteiger partial charge in [-0.25, -0.2) is 8.42 Å². The molecule has 0 saturated carbocycles. The second-order valence-corrected chi connectivity index (χ2v) is 9.39. The first kappa shape index (κ1) is 19.0. The second-order valence-electron chi connectivity index (χ2n) is 7.48. The third-order valence-corrected chi connectivity index (χ3v) is 6.67. The molecule has 2 aliphatic rings. The Morgan fingerprint density at radius 2 is 1.68 bits per heavy atom. The number of fused-ring (bicyclic) bond motifs is 1. The van der Waals surface area contributed by atoms with E-state index in [0.29, 0.717) is 37.3 Å². The molecule has 0 unspecified atom stereocenters. The van der Waals surface area contributed by atoms with Crippen LogP contribution in [-0.4, -0.2) is 63.1 Å². The number of benzene rings is 2. The summed E-state index contributed by atoms with van der Waals surface area (Å²) in [5, 5.41) is 0. The number of hydrogen-bond acceptors (Lipinski definition) is 4. The van der Waals surface area contributed by atoms with Crippen LogP contribution in [0.25, 0.3) is 0 Å². The molecular formula is C21H25N3O3S. The van der Waals surface area contributed by atoms with E-state index in [1.807, 2.05) is 29.2 Å². The molecule has 0 atom stereocenters. The van der Waals surface area contributed by atoms with Crippen LogP contribution in [0.4, 0.5) is 5.69 Å². The SMILES string of the molecule is CS(=O)(=O)N1CCc2cc(C(=O)N3CCN(Cc4ccccc4)CC3)ccc21. The first-order valence-corrected chi connectivity index (χ1v) is 11.4. The summed E-state index contributed by atoms with van der Waals surface area (Å²) in [7, 11) is -3.27. The fourth-order valence-electron chi connectivity index (χ4n) is 3.98. The van der Waals surface area contributed by atoms with Crippen molar-refractivity contribution in [3.63, 3.8) is 0 Å². The maximum Gasteiger partial charge on any atom is 0.253 e. The van der Waals surface area contributed by atoms with Crippen molar-refractivity contribution < 1.29 is 13.2 Å². The van der Waals surface area contributed by atoms with Gasteiger partial charge in [0, 0.05) is 44.8 Å². The van der Waals surface area contributed by atoms with E-state index in [2.05, 4.69) is 17.0 Å². The highest BCUT2D eigenvalue weighted by Crippen LogP contribution is 2.31. The lowest BCUT2D eigenvalue weighted by atomic mass is 10.1. The van der Waals surface area contributed by atoms with Crippen molar-refractivity contribution in [2.75, 3.05) is 43.3 Å². The largest absolute Gasteiger partial charge is 0.336 e. The molecule has 0 bridgehead atoms. The number of rotatable bonds is 4. The molecule has 2 aromatic carbocycles. The average Bonchev–Trinajstić information content (AvgIpc) is 3.12. The van der Waals surface area contributed by atoms with Crippen LogP contribution in [0, 0.1) is 0 Å². The van der Waals surface area contributed by atoms with E-state index in [9.17, 15) is 13.2 Å². The zero-order valence-electron chi connectivity index (χ0n) is 16.0. The molecule has 28 heavy (non-hydrogen) atoms. The monoisotopic (exact) mass is 399 g/mol. The first-order valence-electron chi connectivity index (χ1n) is 9.58. The summed E-state index contributed by atoms with van der Waals surface area (Å²) in [5.41, 5.74) is 3.56. The van der Waals surface area contributed by atoms with Crippen LogP contribution in [0.5, 0.6) is 0 Å². The zero-order chi connectivity index (χ0) is 19.7. The minimum atomic E-state index is -3.27. The molecule has 0 radical (unpaired) electrons. The molecule has 4 rings (SSSR count). The number of hydrogen-bond donors (Lipinski definition) is 0. The highest BCUT2D eigenvalue weighted by atomic mass is 32.2. The van der Waals surface area contributed by atoms with Crippen molar-refractivity contribution in [1.29, 1.82) is 0 Å². The molecule has 148 valence electrons. The van der Waals surface area contributed by atoms with Crippen LogP contribution in [0.2, 0.25) is 0 Å². The summed E-state index contributed by atoms with van der Waals surface area (Å²) in [5.74, 6) is 0.0277. The molecule has 0 N–H and O–H groups in total. The number of piperazine rings is 1. The molecule has 7 heteroatoms.